The molecule has 0 radical (unpaired) electrons. The molecule has 1 N–H and O–H groups in total. The number of amides is 1. The molecule has 1 aliphatic heterocycles. The first-order valence-corrected chi connectivity index (χ1v) is 8.40. The molecule has 1 aliphatic rings. The van der Waals surface area contributed by atoms with Gasteiger partial charge in [-0.05, 0) is 20.8 Å². The highest BCUT2D eigenvalue weighted by atomic mass is 32.1. The van der Waals surface area contributed by atoms with Crippen LogP contribution < -0.4 is 5.32 Å². The van der Waals surface area contributed by atoms with Gasteiger partial charge in [-0.1, -0.05) is 0 Å². The third-order valence-electron chi connectivity index (χ3n) is 4.03. The largest absolute Gasteiger partial charge is 0.340 e. The van der Waals surface area contributed by atoms with Crippen molar-refractivity contribution in [1.29, 1.82) is 0 Å². The van der Waals surface area contributed by atoms with Crippen LogP contribution >= 0.6 is 11.3 Å². The lowest BCUT2D eigenvalue weighted by atomic mass is 10.1. The Morgan fingerprint density at radius 2 is 2.05 bits per heavy atom. The topological polar surface area (TPSA) is 63.1 Å². The molecule has 0 unspecified atom stereocenters. The molecular weight excluding hydrogens is 298 g/mol. The Hall–Kier alpha value is -1.73. The van der Waals surface area contributed by atoms with E-state index in [1.807, 2.05) is 35.7 Å². The number of nitrogens with zero attached hydrogens (tertiary/aromatic N) is 4. The molecule has 2 aromatic rings. The van der Waals surface area contributed by atoms with Gasteiger partial charge in [-0.15, -0.1) is 11.3 Å². The van der Waals surface area contributed by atoms with Gasteiger partial charge in [0.15, 0.2) is 0 Å². The maximum Gasteiger partial charge on any atom is 0.227 e. The Bertz CT molecular complexity index is 684. The van der Waals surface area contributed by atoms with Gasteiger partial charge in [0, 0.05) is 42.8 Å². The van der Waals surface area contributed by atoms with Crippen LogP contribution in [0.4, 0.5) is 0 Å². The standard InChI is InChI=1S/C15H21N5OS/c1-10-9-22-15(17-10)20-12(3)13(11(2)18-20)8-14(21)19-6-4-16-5-7-19/h9,16H,4-8H2,1-3H3. The number of rotatable bonds is 3. The molecule has 6 nitrogen and oxygen atoms in total. The van der Waals surface area contributed by atoms with Crippen LogP contribution in [-0.4, -0.2) is 51.8 Å². The first-order valence-electron chi connectivity index (χ1n) is 7.52. The number of aromatic nitrogens is 3. The van der Waals surface area contributed by atoms with Crippen molar-refractivity contribution in [2.75, 3.05) is 26.2 Å². The molecule has 0 aliphatic carbocycles. The zero-order valence-electron chi connectivity index (χ0n) is 13.2. The van der Waals surface area contributed by atoms with Crippen LogP contribution in [0.1, 0.15) is 22.6 Å². The predicted octanol–water partition coefficient (Wildman–Crippen LogP) is 1.23. The van der Waals surface area contributed by atoms with Crippen molar-refractivity contribution in [3.8, 4) is 5.13 Å². The smallest absolute Gasteiger partial charge is 0.227 e. The van der Waals surface area contributed by atoms with E-state index in [4.69, 9.17) is 0 Å². The molecule has 0 saturated carbocycles. The molecule has 1 saturated heterocycles. The van der Waals surface area contributed by atoms with E-state index in [0.717, 1.165) is 54.0 Å². The van der Waals surface area contributed by atoms with Crippen LogP contribution in [0.5, 0.6) is 0 Å². The van der Waals surface area contributed by atoms with Crippen molar-refractivity contribution in [2.45, 2.75) is 27.2 Å². The average Bonchev–Trinajstić information content (AvgIpc) is 3.06. The number of aryl methyl sites for hydroxylation is 2. The summed E-state index contributed by atoms with van der Waals surface area (Å²) in [6.45, 7) is 9.28. The minimum absolute atomic E-state index is 0.183. The number of nitrogens with one attached hydrogen (secondary N) is 1. The molecule has 0 aromatic carbocycles. The van der Waals surface area contributed by atoms with E-state index in [0.29, 0.717) is 6.42 Å². The zero-order chi connectivity index (χ0) is 15.7. The van der Waals surface area contributed by atoms with Crippen LogP contribution in [-0.2, 0) is 11.2 Å². The fourth-order valence-electron chi connectivity index (χ4n) is 2.73. The third kappa shape index (κ3) is 2.91. The normalized spacial score (nSPS) is 15.3. The quantitative estimate of drug-likeness (QED) is 0.924. The first-order chi connectivity index (χ1) is 10.6. The number of hydrogen-bond donors (Lipinski definition) is 1. The van der Waals surface area contributed by atoms with Gasteiger partial charge in [0.05, 0.1) is 17.8 Å². The third-order valence-corrected chi connectivity index (χ3v) is 4.96. The molecule has 0 atom stereocenters. The van der Waals surface area contributed by atoms with Crippen LogP contribution in [0, 0.1) is 20.8 Å². The fourth-order valence-corrected chi connectivity index (χ4v) is 3.54. The van der Waals surface area contributed by atoms with Crippen molar-refractivity contribution in [2.24, 2.45) is 0 Å². The van der Waals surface area contributed by atoms with Gasteiger partial charge in [0.1, 0.15) is 0 Å². The van der Waals surface area contributed by atoms with Gasteiger partial charge in [0.25, 0.3) is 0 Å². The molecule has 1 fully saturated rings. The lowest BCUT2D eigenvalue weighted by Crippen LogP contribution is -2.47. The Morgan fingerprint density at radius 3 is 2.68 bits per heavy atom. The Morgan fingerprint density at radius 1 is 1.32 bits per heavy atom. The molecule has 3 rings (SSSR count). The number of hydrogen-bond acceptors (Lipinski definition) is 5. The maximum absolute atomic E-state index is 12.5. The lowest BCUT2D eigenvalue weighted by molar-refractivity contribution is -0.131. The number of carbonyl (C=O) groups excluding carboxylic acids is 1. The van der Waals surface area contributed by atoms with E-state index in [-0.39, 0.29) is 5.91 Å². The van der Waals surface area contributed by atoms with Crippen LogP contribution in [0.3, 0.4) is 0 Å². The molecule has 0 bridgehead atoms. The Kier molecular flexibility index (Phi) is 4.26. The fraction of sp³-hybridized carbons (Fsp3) is 0.533. The summed E-state index contributed by atoms with van der Waals surface area (Å²) in [5, 5.41) is 10.7. The molecule has 1 amide bonds. The minimum atomic E-state index is 0.183. The zero-order valence-corrected chi connectivity index (χ0v) is 14.0. The van der Waals surface area contributed by atoms with Crippen molar-refractivity contribution in [1.82, 2.24) is 25.0 Å². The average molecular weight is 319 g/mol. The SMILES string of the molecule is Cc1csc(-n2nc(C)c(CC(=O)N3CCNCC3)c2C)n1. The van der Waals surface area contributed by atoms with Gasteiger partial charge >= 0.3 is 0 Å². The molecular formula is C15H21N5OS. The summed E-state index contributed by atoms with van der Waals surface area (Å²) in [7, 11) is 0. The van der Waals surface area contributed by atoms with E-state index in [1.165, 1.54) is 0 Å². The summed E-state index contributed by atoms with van der Waals surface area (Å²) >= 11 is 1.57. The van der Waals surface area contributed by atoms with Gasteiger partial charge < -0.3 is 10.2 Å². The Labute approximate surface area is 134 Å². The second-order valence-corrected chi connectivity index (χ2v) is 6.48. The minimum Gasteiger partial charge on any atom is -0.340 e. The summed E-state index contributed by atoms with van der Waals surface area (Å²) in [4.78, 5) is 18.9. The van der Waals surface area contributed by atoms with Crippen LogP contribution in [0.2, 0.25) is 0 Å². The number of thiazole rings is 1. The number of piperazine rings is 1. The van der Waals surface area contributed by atoms with Gasteiger partial charge in [0.2, 0.25) is 11.0 Å². The molecule has 22 heavy (non-hydrogen) atoms. The van der Waals surface area contributed by atoms with Gasteiger partial charge in [-0.3, -0.25) is 4.79 Å². The van der Waals surface area contributed by atoms with Crippen molar-refractivity contribution in [3.05, 3.63) is 28.0 Å². The van der Waals surface area contributed by atoms with Crippen molar-refractivity contribution >= 4 is 17.2 Å². The van der Waals surface area contributed by atoms with E-state index in [1.54, 1.807) is 11.3 Å². The highest BCUT2D eigenvalue weighted by molar-refractivity contribution is 7.12. The molecule has 0 spiro atoms. The van der Waals surface area contributed by atoms with Crippen molar-refractivity contribution < 1.29 is 4.79 Å². The Balaban J connectivity index is 1.82. The highest BCUT2D eigenvalue weighted by Crippen LogP contribution is 2.21. The summed E-state index contributed by atoms with van der Waals surface area (Å²) < 4.78 is 1.85. The van der Waals surface area contributed by atoms with Gasteiger partial charge in [-0.2, -0.15) is 5.10 Å². The monoisotopic (exact) mass is 319 g/mol. The van der Waals surface area contributed by atoms with Crippen molar-refractivity contribution in [3.63, 3.8) is 0 Å². The highest BCUT2D eigenvalue weighted by Gasteiger charge is 2.21. The van der Waals surface area contributed by atoms with Crippen LogP contribution in [0.15, 0.2) is 5.38 Å². The lowest BCUT2D eigenvalue weighted by Gasteiger charge is -2.27. The first kappa shape index (κ1) is 15.2. The van der Waals surface area contributed by atoms with Crippen LogP contribution in [0.25, 0.3) is 5.13 Å². The van der Waals surface area contributed by atoms with E-state index in [2.05, 4.69) is 15.4 Å². The number of carbonyl (C=O) groups is 1. The second kappa shape index (κ2) is 6.18. The molecule has 3 heterocycles. The molecule has 7 heteroatoms. The van der Waals surface area contributed by atoms with E-state index < -0.39 is 0 Å². The summed E-state index contributed by atoms with van der Waals surface area (Å²) in [6, 6.07) is 0. The molecule has 2 aromatic heterocycles. The van der Waals surface area contributed by atoms with E-state index in [9.17, 15) is 4.79 Å². The summed E-state index contributed by atoms with van der Waals surface area (Å²) in [6.07, 6.45) is 0.419. The second-order valence-electron chi connectivity index (χ2n) is 5.64. The predicted molar refractivity (Wildman–Crippen MR) is 86.6 cm³/mol. The summed E-state index contributed by atoms with van der Waals surface area (Å²) in [5.74, 6) is 0.183. The summed E-state index contributed by atoms with van der Waals surface area (Å²) in [5.41, 5.74) is 3.94. The molecule has 118 valence electrons. The van der Waals surface area contributed by atoms with Gasteiger partial charge in [-0.25, -0.2) is 9.67 Å². The maximum atomic E-state index is 12.5. The van der Waals surface area contributed by atoms with E-state index >= 15 is 0 Å².